The Balaban J connectivity index is 1.62. The Morgan fingerprint density at radius 1 is 1.06 bits per heavy atom. The van der Waals surface area contributed by atoms with Crippen LogP contribution in [-0.4, -0.2) is 62.0 Å². The Morgan fingerprint density at radius 3 is 2.47 bits per heavy atom. The van der Waals surface area contributed by atoms with Gasteiger partial charge in [0.05, 0.1) is 6.42 Å². The van der Waals surface area contributed by atoms with E-state index in [1.807, 2.05) is 60.4 Å². The Hall–Kier alpha value is -3.19. The van der Waals surface area contributed by atoms with E-state index < -0.39 is 6.04 Å². The number of ether oxygens (including phenoxy) is 1. The second-order valence-corrected chi connectivity index (χ2v) is 8.84. The van der Waals surface area contributed by atoms with Gasteiger partial charge in [-0.2, -0.15) is 0 Å². The lowest BCUT2D eigenvalue weighted by Crippen LogP contribution is -2.54. The monoisotopic (exact) mass is 465 g/mol. The maximum atomic E-state index is 13.0. The minimum atomic E-state index is -0.651. The Kier molecular flexibility index (Phi) is 9.64. The number of nitrogens with one attached hydrogen (secondary N) is 2. The van der Waals surface area contributed by atoms with E-state index in [1.165, 1.54) is 0 Å². The van der Waals surface area contributed by atoms with Gasteiger partial charge in [-0.15, -0.1) is 0 Å². The van der Waals surface area contributed by atoms with Crippen molar-refractivity contribution in [2.45, 2.75) is 38.6 Å². The van der Waals surface area contributed by atoms with Crippen LogP contribution in [0.25, 0.3) is 0 Å². The molecule has 0 bridgehead atoms. The summed E-state index contributed by atoms with van der Waals surface area (Å²) >= 11 is 0. The summed E-state index contributed by atoms with van der Waals surface area (Å²) < 4.78 is 5.05. The number of piperidine rings is 1. The van der Waals surface area contributed by atoms with Gasteiger partial charge in [0.25, 0.3) is 5.91 Å². The van der Waals surface area contributed by atoms with E-state index in [2.05, 4.69) is 10.6 Å². The predicted octanol–water partition coefficient (Wildman–Crippen LogP) is 2.73. The van der Waals surface area contributed by atoms with Crippen LogP contribution in [0.5, 0.6) is 0 Å². The average molecular weight is 466 g/mol. The molecule has 2 aromatic rings. The summed E-state index contributed by atoms with van der Waals surface area (Å²) in [6, 6.07) is 16.4. The molecule has 3 amide bonds. The van der Waals surface area contributed by atoms with Crippen LogP contribution in [0, 0.1) is 12.8 Å². The maximum Gasteiger partial charge on any atom is 0.251 e. The van der Waals surface area contributed by atoms with Crippen LogP contribution in [0.4, 0.5) is 0 Å². The number of methoxy groups -OCH3 is 1. The van der Waals surface area contributed by atoms with Crippen LogP contribution in [0.3, 0.4) is 0 Å². The normalized spacial score (nSPS) is 14.9. The first-order valence-electron chi connectivity index (χ1n) is 11.9. The van der Waals surface area contributed by atoms with Gasteiger partial charge in [0, 0.05) is 38.9 Å². The maximum absolute atomic E-state index is 13.0. The van der Waals surface area contributed by atoms with E-state index in [0.717, 1.165) is 11.1 Å². The van der Waals surface area contributed by atoms with Crippen molar-refractivity contribution < 1.29 is 19.1 Å². The molecule has 1 atom stereocenters. The van der Waals surface area contributed by atoms with Crippen molar-refractivity contribution in [2.24, 2.45) is 5.92 Å². The molecule has 1 aliphatic rings. The van der Waals surface area contributed by atoms with Gasteiger partial charge in [0.1, 0.15) is 6.04 Å². The van der Waals surface area contributed by atoms with E-state index >= 15 is 0 Å². The fraction of sp³-hybridized carbons (Fsp3) is 0.444. The van der Waals surface area contributed by atoms with E-state index in [0.29, 0.717) is 57.5 Å². The predicted molar refractivity (Wildman–Crippen MR) is 131 cm³/mol. The third-order valence-corrected chi connectivity index (χ3v) is 6.24. The Labute approximate surface area is 201 Å². The van der Waals surface area contributed by atoms with E-state index in [-0.39, 0.29) is 23.6 Å². The standard InChI is InChI=1S/C27H35N3O4/c1-20-8-6-11-23(18-20)26(32)29-25(27(33)28-14-7-17-34-2)22-12-15-30(16-13-22)24(31)19-21-9-4-3-5-10-21/h3-6,8-11,18,22,25H,7,12-17,19H2,1-2H3,(H,28,33)(H,29,32)/t25-/m0/s1. The molecule has 0 unspecified atom stereocenters. The molecule has 2 N–H and O–H groups in total. The van der Waals surface area contributed by atoms with Gasteiger partial charge in [-0.1, -0.05) is 48.0 Å². The second-order valence-electron chi connectivity index (χ2n) is 8.84. The largest absolute Gasteiger partial charge is 0.385 e. The summed E-state index contributed by atoms with van der Waals surface area (Å²) in [7, 11) is 1.62. The van der Waals surface area contributed by atoms with Crippen LogP contribution in [-0.2, 0) is 20.7 Å². The van der Waals surface area contributed by atoms with Gasteiger partial charge in [0.15, 0.2) is 0 Å². The zero-order chi connectivity index (χ0) is 24.3. The highest BCUT2D eigenvalue weighted by Crippen LogP contribution is 2.22. The zero-order valence-electron chi connectivity index (χ0n) is 20.1. The van der Waals surface area contributed by atoms with Crippen LogP contribution < -0.4 is 10.6 Å². The number of rotatable bonds is 10. The van der Waals surface area contributed by atoms with Crippen LogP contribution in [0.15, 0.2) is 54.6 Å². The summed E-state index contributed by atoms with van der Waals surface area (Å²) in [5, 5.41) is 5.90. The van der Waals surface area contributed by atoms with E-state index in [1.54, 1.807) is 13.2 Å². The highest BCUT2D eigenvalue weighted by Gasteiger charge is 2.33. The summed E-state index contributed by atoms with van der Waals surface area (Å²) in [6.07, 6.45) is 2.39. The summed E-state index contributed by atoms with van der Waals surface area (Å²) in [5.74, 6) is -0.402. The second kappa shape index (κ2) is 12.9. The van der Waals surface area contributed by atoms with Crippen molar-refractivity contribution in [3.63, 3.8) is 0 Å². The number of carbonyl (C=O) groups excluding carboxylic acids is 3. The lowest BCUT2D eigenvalue weighted by atomic mass is 9.88. The number of carbonyl (C=O) groups is 3. The molecule has 2 aromatic carbocycles. The van der Waals surface area contributed by atoms with Gasteiger partial charge in [-0.3, -0.25) is 14.4 Å². The number of nitrogens with zero attached hydrogens (tertiary/aromatic N) is 1. The van der Waals surface area contributed by atoms with E-state index in [9.17, 15) is 14.4 Å². The van der Waals surface area contributed by atoms with Gasteiger partial charge in [-0.25, -0.2) is 0 Å². The third-order valence-electron chi connectivity index (χ3n) is 6.24. The molecule has 182 valence electrons. The molecule has 7 heteroatoms. The molecule has 0 aromatic heterocycles. The first-order chi connectivity index (χ1) is 16.5. The molecule has 0 radical (unpaired) electrons. The first kappa shape index (κ1) is 25.4. The topological polar surface area (TPSA) is 87.7 Å². The molecule has 7 nitrogen and oxygen atoms in total. The fourth-order valence-electron chi connectivity index (χ4n) is 4.31. The SMILES string of the molecule is COCCCNC(=O)[C@@H](NC(=O)c1cccc(C)c1)C1CCN(C(=O)Cc2ccccc2)CC1. The number of amides is 3. The van der Waals surface area contributed by atoms with Crippen molar-refractivity contribution in [3.05, 3.63) is 71.3 Å². The number of benzene rings is 2. The Morgan fingerprint density at radius 2 is 1.79 bits per heavy atom. The fourth-order valence-corrected chi connectivity index (χ4v) is 4.31. The van der Waals surface area contributed by atoms with Crippen molar-refractivity contribution in [2.75, 3.05) is 33.4 Å². The zero-order valence-corrected chi connectivity index (χ0v) is 20.1. The molecule has 34 heavy (non-hydrogen) atoms. The van der Waals surface area contributed by atoms with Crippen LogP contribution in [0.1, 0.15) is 40.7 Å². The van der Waals surface area contributed by atoms with Gasteiger partial charge < -0.3 is 20.3 Å². The molecule has 1 fully saturated rings. The summed E-state index contributed by atoms with van der Waals surface area (Å²) in [4.78, 5) is 40.6. The quantitative estimate of drug-likeness (QED) is 0.528. The van der Waals surface area contributed by atoms with Crippen molar-refractivity contribution in [3.8, 4) is 0 Å². The molecular weight excluding hydrogens is 430 g/mol. The van der Waals surface area contributed by atoms with Gasteiger partial charge in [-0.05, 0) is 49.8 Å². The average Bonchev–Trinajstić information content (AvgIpc) is 2.85. The highest BCUT2D eigenvalue weighted by molar-refractivity contribution is 5.97. The molecule has 1 heterocycles. The number of hydrogen-bond acceptors (Lipinski definition) is 4. The molecule has 1 saturated heterocycles. The lowest BCUT2D eigenvalue weighted by molar-refractivity contribution is -0.132. The summed E-state index contributed by atoms with van der Waals surface area (Å²) in [5.41, 5.74) is 2.51. The first-order valence-corrected chi connectivity index (χ1v) is 11.9. The Bertz CT molecular complexity index is 955. The van der Waals surface area contributed by atoms with Gasteiger partial charge in [0.2, 0.25) is 11.8 Å². The minimum absolute atomic E-state index is 0.0445. The molecule has 0 aliphatic carbocycles. The number of aryl methyl sites for hydroxylation is 1. The number of hydrogen-bond donors (Lipinski definition) is 2. The molecule has 0 spiro atoms. The third kappa shape index (κ3) is 7.42. The van der Waals surface area contributed by atoms with Crippen LogP contribution >= 0.6 is 0 Å². The highest BCUT2D eigenvalue weighted by atomic mass is 16.5. The van der Waals surface area contributed by atoms with Crippen LogP contribution in [0.2, 0.25) is 0 Å². The molecule has 1 aliphatic heterocycles. The number of likely N-dealkylation sites (tertiary alicyclic amines) is 1. The van der Waals surface area contributed by atoms with Crippen molar-refractivity contribution >= 4 is 17.7 Å². The van der Waals surface area contributed by atoms with Gasteiger partial charge >= 0.3 is 0 Å². The molecular formula is C27H35N3O4. The molecule has 0 saturated carbocycles. The summed E-state index contributed by atoms with van der Waals surface area (Å²) in [6.45, 7) is 4.12. The van der Waals surface area contributed by atoms with E-state index in [4.69, 9.17) is 4.74 Å². The lowest BCUT2D eigenvalue weighted by Gasteiger charge is -2.36. The minimum Gasteiger partial charge on any atom is -0.385 e. The smallest absolute Gasteiger partial charge is 0.251 e. The van der Waals surface area contributed by atoms with Crippen molar-refractivity contribution in [1.82, 2.24) is 15.5 Å². The molecule has 3 rings (SSSR count). The van der Waals surface area contributed by atoms with Crippen molar-refractivity contribution in [1.29, 1.82) is 0 Å².